The summed E-state index contributed by atoms with van der Waals surface area (Å²) in [6, 6.07) is 10.6. The molecule has 1 aromatic carbocycles. The second-order valence-corrected chi connectivity index (χ2v) is 4.78. The molecule has 0 bridgehead atoms. The Bertz CT molecular complexity index is 297. The van der Waals surface area contributed by atoms with Crippen LogP contribution in [0.3, 0.4) is 0 Å². The zero-order valence-electron chi connectivity index (χ0n) is 10.7. The van der Waals surface area contributed by atoms with E-state index in [1.54, 1.807) is 0 Å². The molecular formula is C14H24N2. The monoisotopic (exact) mass is 220 g/mol. The number of benzene rings is 1. The molecule has 2 nitrogen and oxygen atoms in total. The van der Waals surface area contributed by atoms with Crippen molar-refractivity contribution in [2.24, 2.45) is 5.73 Å². The number of hydrogen-bond donors (Lipinski definition) is 1. The third kappa shape index (κ3) is 3.32. The first-order chi connectivity index (χ1) is 7.62. The number of likely N-dealkylation sites (N-methyl/N-ethyl adjacent to an activating group) is 1. The number of nitrogens with zero attached hydrogens (tertiary/aromatic N) is 1. The van der Waals surface area contributed by atoms with Crippen LogP contribution in [0.4, 0.5) is 0 Å². The van der Waals surface area contributed by atoms with Crippen LogP contribution in [0.2, 0.25) is 0 Å². The summed E-state index contributed by atoms with van der Waals surface area (Å²) in [5, 5.41) is 0. The van der Waals surface area contributed by atoms with Gasteiger partial charge in [0, 0.05) is 12.1 Å². The van der Waals surface area contributed by atoms with Gasteiger partial charge in [-0.15, -0.1) is 0 Å². The first-order valence-corrected chi connectivity index (χ1v) is 6.07. The number of nitrogens with two attached hydrogens (primary N) is 1. The fraction of sp³-hybridized carbons (Fsp3) is 0.571. The SMILES string of the molecule is CCCN(C)C(C)(CN)Cc1ccccc1. The van der Waals surface area contributed by atoms with E-state index < -0.39 is 0 Å². The first kappa shape index (κ1) is 13.2. The van der Waals surface area contributed by atoms with Crippen molar-refractivity contribution in [3.05, 3.63) is 35.9 Å². The predicted octanol–water partition coefficient (Wildman–Crippen LogP) is 2.29. The third-order valence-corrected chi connectivity index (χ3v) is 3.35. The van der Waals surface area contributed by atoms with Gasteiger partial charge in [0.1, 0.15) is 0 Å². The topological polar surface area (TPSA) is 29.3 Å². The Labute approximate surface area is 99.5 Å². The zero-order valence-corrected chi connectivity index (χ0v) is 10.7. The summed E-state index contributed by atoms with van der Waals surface area (Å²) in [4.78, 5) is 2.38. The van der Waals surface area contributed by atoms with E-state index in [0.717, 1.165) is 13.0 Å². The zero-order chi connectivity index (χ0) is 12.0. The summed E-state index contributed by atoms with van der Waals surface area (Å²) in [7, 11) is 2.17. The van der Waals surface area contributed by atoms with E-state index in [-0.39, 0.29) is 5.54 Å². The standard InChI is InChI=1S/C14H24N2/c1-4-10-16(3)14(2,12-15)11-13-8-6-5-7-9-13/h5-9H,4,10-12,15H2,1-3H3. The van der Waals surface area contributed by atoms with E-state index in [0.29, 0.717) is 6.54 Å². The maximum atomic E-state index is 5.94. The Balaban J connectivity index is 2.73. The van der Waals surface area contributed by atoms with Gasteiger partial charge in [-0.2, -0.15) is 0 Å². The molecule has 0 aliphatic heterocycles. The molecule has 2 N–H and O–H groups in total. The Hall–Kier alpha value is -0.860. The van der Waals surface area contributed by atoms with Crippen LogP contribution >= 0.6 is 0 Å². The van der Waals surface area contributed by atoms with Gasteiger partial charge in [0.2, 0.25) is 0 Å². The van der Waals surface area contributed by atoms with Crippen LogP contribution in [0.5, 0.6) is 0 Å². The predicted molar refractivity (Wildman–Crippen MR) is 70.5 cm³/mol. The second kappa shape index (κ2) is 6.02. The minimum atomic E-state index is 0.0668. The molecular weight excluding hydrogens is 196 g/mol. The van der Waals surface area contributed by atoms with Crippen LogP contribution in [0.15, 0.2) is 30.3 Å². The summed E-state index contributed by atoms with van der Waals surface area (Å²) in [5.74, 6) is 0. The fourth-order valence-electron chi connectivity index (χ4n) is 2.00. The molecule has 0 heterocycles. The van der Waals surface area contributed by atoms with Gasteiger partial charge in [0.25, 0.3) is 0 Å². The van der Waals surface area contributed by atoms with E-state index in [4.69, 9.17) is 5.73 Å². The molecule has 0 amide bonds. The molecule has 1 unspecified atom stereocenters. The normalized spacial score (nSPS) is 15.1. The number of rotatable bonds is 6. The van der Waals surface area contributed by atoms with E-state index in [1.807, 2.05) is 0 Å². The van der Waals surface area contributed by atoms with Crippen molar-refractivity contribution in [3.63, 3.8) is 0 Å². The molecule has 16 heavy (non-hydrogen) atoms. The summed E-state index contributed by atoms with van der Waals surface area (Å²) in [5.41, 5.74) is 7.37. The van der Waals surface area contributed by atoms with E-state index in [1.165, 1.54) is 12.0 Å². The van der Waals surface area contributed by atoms with E-state index in [9.17, 15) is 0 Å². The highest BCUT2D eigenvalue weighted by Gasteiger charge is 2.27. The highest BCUT2D eigenvalue weighted by Crippen LogP contribution is 2.18. The van der Waals surface area contributed by atoms with Gasteiger partial charge < -0.3 is 5.73 Å². The summed E-state index contributed by atoms with van der Waals surface area (Å²) >= 11 is 0. The summed E-state index contributed by atoms with van der Waals surface area (Å²) in [6.07, 6.45) is 2.18. The van der Waals surface area contributed by atoms with Gasteiger partial charge in [-0.25, -0.2) is 0 Å². The molecule has 0 fully saturated rings. The highest BCUT2D eigenvalue weighted by atomic mass is 15.2. The van der Waals surface area contributed by atoms with Crippen molar-refractivity contribution in [2.75, 3.05) is 20.1 Å². The Morgan fingerprint density at radius 2 is 1.88 bits per heavy atom. The molecule has 0 aliphatic carbocycles. The minimum absolute atomic E-state index is 0.0668. The second-order valence-electron chi connectivity index (χ2n) is 4.78. The van der Waals surface area contributed by atoms with Crippen molar-refractivity contribution >= 4 is 0 Å². The molecule has 1 aromatic rings. The van der Waals surface area contributed by atoms with Gasteiger partial charge in [-0.1, -0.05) is 37.3 Å². The van der Waals surface area contributed by atoms with E-state index >= 15 is 0 Å². The quantitative estimate of drug-likeness (QED) is 0.797. The molecule has 2 heteroatoms. The smallest absolute Gasteiger partial charge is 0.0340 e. The van der Waals surface area contributed by atoms with Crippen molar-refractivity contribution in [1.82, 2.24) is 4.90 Å². The van der Waals surface area contributed by atoms with Gasteiger partial charge in [-0.3, -0.25) is 4.90 Å². The van der Waals surface area contributed by atoms with E-state index in [2.05, 4.69) is 56.1 Å². The van der Waals surface area contributed by atoms with Gasteiger partial charge in [-0.05, 0) is 38.9 Å². The molecule has 0 aliphatic rings. The Morgan fingerprint density at radius 1 is 1.25 bits per heavy atom. The molecule has 0 saturated carbocycles. The maximum absolute atomic E-state index is 5.94. The van der Waals surface area contributed by atoms with Crippen molar-refractivity contribution in [2.45, 2.75) is 32.2 Å². The lowest BCUT2D eigenvalue weighted by molar-refractivity contribution is 0.144. The van der Waals surface area contributed by atoms with Gasteiger partial charge in [0.15, 0.2) is 0 Å². The summed E-state index contributed by atoms with van der Waals surface area (Å²) < 4.78 is 0. The molecule has 90 valence electrons. The molecule has 1 atom stereocenters. The lowest BCUT2D eigenvalue weighted by atomic mass is 9.91. The fourth-order valence-corrected chi connectivity index (χ4v) is 2.00. The van der Waals surface area contributed by atoms with Crippen LogP contribution in [0.25, 0.3) is 0 Å². The summed E-state index contributed by atoms with van der Waals surface area (Å²) in [6.45, 7) is 6.24. The largest absolute Gasteiger partial charge is 0.329 e. The molecule has 0 aromatic heterocycles. The average Bonchev–Trinajstić information content (AvgIpc) is 2.30. The third-order valence-electron chi connectivity index (χ3n) is 3.35. The molecule has 1 rings (SSSR count). The van der Waals surface area contributed by atoms with Crippen LogP contribution in [0, 0.1) is 0 Å². The highest BCUT2D eigenvalue weighted by molar-refractivity contribution is 5.17. The van der Waals surface area contributed by atoms with Crippen LogP contribution in [-0.2, 0) is 6.42 Å². The van der Waals surface area contributed by atoms with Crippen LogP contribution in [-0.4, -0.2) is 30.6 Å². The molecule has 0 radical (unpaired) electrons. The van der Waals surface area contributed by atoms with Crippen molar-refractivity contribution in [3.8, 4) is 0 Å². The van der Waals surface area contributed by atoms with Gasteiger partial charge >= 0.3 is 0 Å². The maximum Gasteiger partial charge on any atom is 0.0340 e. The molecule has 0 spiro atoms. The van der Waals surface area contributed by atoms with Crippen LogP contribution in [0.1, 0.15) is 25.8 Å². The number of hydrogen-bond acceptors (Lipinski definition) is 2. The van der Waals surface area contributed by atoms with Gasteiger partial charge in [0.05, 0.1) is 0 Å². The Morgan fingerprint density at radius 3 is 2.38 bits per heavy atom. The lowest BCUT2D eigenvalue weighted by Crippen LogP contribution is -2.51. The minimum Gasteiger partial charge on any atom is -0.329 e. The molecule has 0 saturated heterocycles. The first-order valence-electron chi connectivity index (χ1n) is 6.07. The van der Waals surface area contributed by atoms with Crippen molar-refractivity contribution < 1.29 is 0 Å². The van der Waals surface area contributed by atoms with Crippen molar-refractivity contribution in [1.29, 1.82) is 0 Å². The average molecular weight is 220 g/mol. The van der Waals surface area contributed by atoms with Crippen LogP contribution < -0.4 is 5.73 Å². The Kier molecular flexibility index (Phi) is 4.97. The lowest BCUT2D eigenvalue weighted by Gasteiger charge is -2.38.